The first-order valence-electron chi connectivity index (χ1n) is 5.48. The number of hydrogen-bond acceptors (Lipinski definition) is 2. The fourth-order valence-electron chi connectivity index (χ4n) is 2.25. The van der Waals surface area contributed by atoms with E-state index in [1.165, 1.54) is 0 Å². The first-order chi connectivity index (χ1) is 7.69. The molecule has 0 spiro atoms. The Balaban J connectivity index is 2.51. The van der Waals surface area contributed by atoms with Gasteiger partial charge in [0.15, 0.2) is 0 Å². The van der Waals surface area contributed by atoms with E-state index >= 15 is 0 Å². The average Bonchev–Trinajstić information content (AvgIpc) is 2.52. The van der Waals surface area contributed by atoms with Gasteiger partial charge in [0, 0.05) is 12.2 Å². The van der Waals surface area contributed by atoms with E-state index in [9.17, 15) is 4.79 Å². The van der Waals surface area contributed by atoms with Crippen LogP contribution in [0.1, 0.15) is 30.4 Å². The number of aryl methyl sites for hydroxylation is 1. The number of amides is 1. The Bertz CT molecular complexity index is 473. The van der Waals surface area contributed by atoms with E-state index < -0.39 is 0 Å². The summed E-state index contributed by atoms with van der Waals surface area (Å²) >= 11 is 0. The zero-order valence-electron chi connectivity index (χ0n) is 9.53. The number of carbonyl (C=O) groups excluding carboxylic acids is 1. The van der Waals surface area contributed by atoms with Gasteiger partial charge in [0.05, 0.1) is 18.4 Å². The summed E-state index contributed by atoms with van der Waals surface area (Å²) in [5, 5.41) is 8.78. The van der Waals surface area contributed by atoms with Crippen LogP contribution in [-0.2, 0) is 4.79 Å². The van der Waals surface area contributed by atoms with Crippen molar-refractivity contribution in [2.75, 3.05) is 11.4 Å². The summed E-state index contributed by atoms with van der Waals surface area (Å²) in [4.78, 5) is 13.8. The van der Waals surface area contributed by atoms with Crippen molar-refractivity contribution in [1.82, 2.24) is 0 Å². The maximum atomic E-state index is 12.1. The number of anilines is 1. The molecule has 0 aromatic heterocycles. The fraction of sp³-hybridized carbons (Fsp3) is 0.385. The van der Waals surface area contributed by atoms with Crippen molar-refractivity contribution < 1.29 is 4.79 Å². The molecule has 0 fully saturated rings. The molecular formula is C13H14N2O. The summed E-state index contributed by atoms with van der Waals surface area (Å²) in [6.45, 7) is 4.62. The van der Waals surface area contributed by atoms with Crippen LogP contribution in [0, 0.1) is 18.3 Å². The molecule has 1 heterocycles. The van der Waals surface area contributed by atoms with Crippen LogP contribution in [0.5, 0.6) is 0 Å². The van der Waals surface area contributed by atoms with Gasteiger partial charge in [-0.15, -0.1) is 0 Å². The number of carbonyl (C=O) groups is 1. The summed E-state index contributed by atoms with van der Waals surface area (Å²) < 4.78 is 0. The van der Waals surface area contributed by atoms with Gasteiger partial charge in [-0.3, -0.25) is 4.79 Å². The minimum Gasteiger partial charge on any atom is -0.312 e. The summed E-state index contributed by atoms with van der Waals surface area (Å²) in [5.74, 6) is -0.204. The molecule has 3 heteroatoms. The lowest BCUT2D eigenvalue weighted by atomic mass is 9.96. The van der Waals surface area contributed by atoms with E-state index in [0.717, 1.165) is 16.8 Å². The molecule has 1 aliphatic rings. The lowest BCUT2D eigenvalue weighted by Gasteiger charge is -2.14. The summed E-state index contributed by atoms with van der Waals surface area (Å²) in [6.07, 6.45) is 0.270. The molecule has 0 saturated carbocycles. The molecule has 1 aliphatic heterocycles. The third-order valence-electron chi connectivity index (χ3n) is 3.03. The molecule has 0 saturated heterocycles. The molecule has 2 rings (SSSR count). The number of nitrogens with zero attached hydrogens (tertiary/aromatic N) is 2. The highest BCUT2D eigenvalue weighted by Crippen LogP contribution is 2.39. The predicted molar refractivity (Wildman–Crippen MR) is 62.2 cm³/mol. The van der Waals surface area contributed by atoms with Gasteiger partial charge in [-0.05, 0) is 25.5 Å². The van der Waals surface area contributed by atoms with Gasteiger partial charge in [0.25, 0.3) is 0 Å². The average molecular weight is 214 g/mol. The van der Waals surface area contributed by atoms with Crippen molar-refractivity contribution in [3.63, 3.8) is 0 Å². The molecule has 0 radical (unpaired) electrons. The van der Waals surface area contributed by atoms with Gasteiger partial charge in [0.2, 0.25) is 5.91 Å². The molecule has 3 nitrogen and oxygen atoms in total. The second-order valence-electron chi connectivity index (χ2n) is 4.06. The van der Waals surface area contributed by atoms with Crippen molar-refractivity contribution >= 4 is 11.6 Å². The highest BCUT2D eigenvalue weighted by Gasteiger charge is 2.35. The Labute approximate surface area is 95.3 Å². The van der Waals surface area contributed by atoms with Crippen molar-refractivity contribution in [3.05, 3.63) is 29.3 Å². The van der Waals surface area contributed by atoms with Gasteiger partial charge < -0.3 is 4.90 Å². The van der Waals surface area contributed by atoms with Crippen LogP contribution in [0.15, 0.2) is 18.2 Å². The van der Waals surface area contributed by atoms with Gasteiger partial charge >= 0.3 is 0 Å². The van der Waals surface area contributed by atoms with Crippen molar-refractivity contribution in [2.24, 2.45) is 0 Å². The number of nitriles is 1. The van der Waals surface area contributed by atoms with Crippen LogP contribution in [0.25, 0.3) is 0 Å². The molecule has 16 heavy (non-hydrogen) atoms. The smallest absolute Gasteiger partial charge is 0.235 e. The van der Waals surface area contributed by atoms with Crippen molar-refractivity contribution in [1.29, 1.82) is 5.26 Å². The normalized spacial score (nSPS) is 18.4. The zero-order valence-corrected chi connectivity index (χ0v) is 9.53. The van der Waals surface area contributed by atoms with Crippen LogP contribution in [0.2, 0.25) is 0 Å². The number of hydrogen-bond donors (Lipinski definition) is 0. The van der Waals surface area contributed by atoms with Crippen LogP contribution in [-0.4, -0.2) is 12.5 Å². The SMILES string of the molecule is CCN1C(=O)C(CC#N)c2cc(C)ccc21. The monoisotopic (exact) mass is 214 g/mol. The first kappa shape index (κ1) is 10.7. The Kier molecular flexibility index (Phi) is 2.66. The lowest BCUT2D eigenvalue weighted by molar-refractivity contribution is -0.119. The molecule has 82 valence electrons. The van der Waals surface area contributed by atoms with E-state index in [0.29, 0.717) is 6.54 Å². The van der Waals surface area contributed by atoms with Crippen LogP contribution in [0.3, 0.4) is 0 Å². The minimum absolute atomic E-state index is 0.0599. The van der Waals surface area contributed by atoms with E-state index in [1.54, 1.807) is 4.90 Å². The standard InChI is InChI=1S/C13H14N2O/c1-3-15-12-5-4-9(2)8-11(12)10(6-7-14)13(15)16/h4-5,8,10H,3,6H2,1-2H3. The first-order valence-corrected chi connectivity index (χ1v) is 5.48. The summed E-state index contributed by atoms with van der Waals surface area (Å²) in [5.41, 5.74) is 3.11. The van der Waals surface area contributed by atoms with Gasteiger partial charge in [-0.2, -0.15) is 5.26 Å². The second-order valence-corrected chi connectivity index (χ2v) is 4.06. The molecule has 1 atom stereocenters. The van der Waals surface area contributed by atoms with E-state index in [1.807, 2.05) is 32.0 Å². The van der Waals surface area contributed by atoms with Gasteiger partial charge in [-0.25, -0.2) is 0 Å². The van der Waals surface area contributed by atoms with Crippen LogP contribution in [0.4, 0.5) is 5.69 Å². The Morgan fingerprint density at radius 1 is 1.50 bits per heavy atom. The van der Waals surface area contributed by atoms with Crippen LogP contribution < -0.4 is 4.90 Å². The third-order valence-corrected chi connectivity index (χ3v) is 3.03. The highest BCUT2D eigenvalue weighted by molar-refractivity contribution is 6.05. The summed E-state index contributed by atoms with van der Waals surface area (Å²) in [7, 11) is 0. The third kappa shape index (κ3) is 1.47. The van der Waals surface area contributed by atoms with Gasteiger partial charge in [0.1, 0.15) is 0 Å². The maximum absolute atomic E-state index is 12.1. The van der Waals surface area contributed by atoms with E-state index in [-0.39, 0.29) is 18.2 Å². The van der Waals surface area contributed by atoms with Crippen molar-refractivity contribution in [3.8, 4) is 6.07 Å². The van der Waals surface area contributed by atoms with Crippen LogP contribution >= 0.6 is 0 Å². The zero-order chi connectivity index (χ0) is 11.7. The fourth-order valence-corrected chi connectivity index (χ4v) is 2.25. The van der Waals surface area contributed by atoms with E-state index in [2.05, 4.69) is 6.07 Å². The molecule has 0 bridgehead atoms. The number of fused-ring (bicyclic) bond motifs is 1. The van der Waals surface area contributed by atoms with Gasteiger partial charge in [-0.1, -0.05) is 17.7 Å². The molecule has 1 unspecified atom stereocenters. The van der Waals surface area contributed by atoms with Crippen molar-refractivity contribution in [2.45, 2.75) is 26.2 Å². The maximum Gasteiger partial charge on any atom is 0.235 e. The largest absolute Gasteiger partial charge is 0.312 e. The topological polar surface area (TPSA) is 44.1 Å². The second kappa shape index (κ2) is 3.97. The summed E-state index contributed by atoms with van der Waals surface area (Å²) in [6, 6.07) is 8.10. The Morgan fingerprint density at radius 3 is 2.88 bits per heavy atom. The number of benzene rings is 1. The molecule has 0 N–H and O–H groups in total. The number of rotatable bonds is 2. The Hall–Kier alpha value is -1.82. The minimum atomic E-state index is -0.264. The molecule has 0 aliphatic carbocycles. The highest BCUT2D eigenvalue weighted by atomic mass is 16.2. The molecular weight excluding hydrogens is 200 g/mol. The quantitative estimate of drug-likeness (QED) is 0.758. The number of likely N-dealkylation sites (N-methyl/N-ethyl adjacent to an activating group) is 1. The van der Waals surface area contributed by atoms with E-state index in [4.69, 9.17) is 5.26 Å². The molecule has 1 amide bonds. The Morgan fingerprint density at radius 2 is 2.25 bits per heavy atom. The molecule has 1 aromatic rings. The lowest BCUT2D eigenvalue weighted by Crippen LogP contribution is -2.28. The molecule has 1 aromatic carbocycles. The predicted octanol–water partition coefficient (Wildman–Crippen LogP) is 2.36.